The van der Waals surface area contributed by atoms with Gasteiger partial charge in [0.2, 0.25) is 0 Å². The summed E-state index contributed by atoms with van der Waals surface area (Å²) in [5.41, 5.74) is 0.397. The molecule has 3 rings (SSSR count). The molecule has 0 bridgehead atoms. The van der Waals surface area contributed by atoms with Crippen LogP contribution in [0.15, 0.2) is 36.4 Å². The molecule has 0 aliphatic carbocycles. The Morgan fingerprint density at radius 2 is 1.63 bits per heavy atom. The fraction of sp³-hybridized carbons (Fsp3) is 0.111. The summed E-state index contributed by atoms with van der Waals surface area (Å²) < 4.78 is 45.4. The van der Waals surface area contributed by atoms with E-state index in [-0.39, 0.29) is 11.5 Å². The molecule has 1 aromatic heterocycles. The minimum Gasteiger partial charge on any atom is -0.495 e. The van der Waals surface area contributed by atoms with E-state index in [2.05, 4.69) is 20.6 Å². The van der Waals surface area contributed by atoms with Crippen molar-refractivity contribution in [3.05, 3.63) is 64.7 Å². The van der Waals surface area contributed by atoms with Crippen molar-refractivity contribution in [2.24, 2.45) is 0 Å². The van der Waals surface area contributed by atoms with Gasteiger partial charge in [-0.25, -0.2) is 23.1 Å². The minimum absolute atomic E-state index is 0.203. The molecule has 9 heteroatoms. The first-order chi connectivity index (χ1) is 12.9. The third kappa shape index (κ3) is 4.22. The molecule has 2 aromatic carbocycles. The maximum atomic E-state index is 13.8. The molecule has 0 spiro atoms. The van der Waals surface area contributed by atoms with E-state index in [1.165, 1.54) is 13.2 Å². The Morgan fingerprint density at radius 3 is 2.30 bits per heavy atom. The molecular formula is C18H14ClF3N4O. The van der Waals surface area contributed by atoms with E-state index < -0.39 is 17.5 Å². The summed E-state index contributed by atoms with van der Waals surface area (Å²) in [6.45, 7) is 1.64. The lowest BCUT2D eigenvalue weighted by Gasteiger charge is -2.12. The van der Waals surface area contributed by atoms with Crippen LogP contribution in [0.3, 0.4) is 0 Å². The lowest BCUT2D eigenvalue weighted by Crippen LogP contribution is -2.04. The summed E-state index contributed by atoms with van der Waals surface area (Å²) in [6.07, 6.45) is 0. The van der Waals surface area contributed by atoms with E-state index in [1.54, 1.807) is 25.1 Å². The minimum atomic E-state index is -1.56. The first-order valence-electron chi connectivity index (χ1n) is 7.74. The van der Waals surface area contributed by atoms with Crippen LogP contribution in [0, 0.1) is 24.4 Å². The maximum Gasteiger partial charge on any atom is 0.196 e. The van der Waals surface area contributed by atoms with Crippen molar-refractivity contribution >= 4 is 34.6 Å². The Morgan fingerprint density at radius 1 is 0.926 bits per heavy atom. The number of methoxy groups -OCH3 is 1. The number of hydrogen-bond donors (Lipinski definition) is 2. The van der Waals surface area contributed by atoms with Gasteiger partial charge in [-0.05, 0) is 37.3 Å². The maximum absolute atomic E-state index is 13.8. The number of anilines is 4. The van der Waals surface area contributed by atoms with Crippen LogP contribution < -0.4 is 15.4 Å². The van der Waals surface area contributed by atoms with Gasteiger partial charge in [-0.1, -0.05) is 11.6 Å². The first-order valence-corrected chi connectivity index (χ1v) is 8.12. The molecule has 140 valence electrons. The summed E-state index contributed by atoms with van der Waals surface area (Å²) in [6, 6.07) is 8.49. The van der Waals surface area contributed by atoms with Crippen LogP contribution in [0.4, 0.5) is 36.2 Å². The molecule has 0 aliphatic heterocycles. The molecule has 0 unspecified atom stereocenters. The molecule has 3 aromatic rings. The average molecular weight is 395 g/mol. The Labute approximate surface area is 158 Å². The summed E-state index contributed by atoms with van der Waals surface area (Å²) in [5.74, 6) is -2.65. The highest BCUT2D eigenvalue weighted by Gasteiger charge is 2.14. The van der Waals surface area contributed by atoms with Crippen molar-refractivity contribution in [2.45, 2.75) is 6.92 Å². The van der Waals surface area contributed by atoms with Crippen LogP contribution in [0.25, 0.3) is 0 Å². The highest BCUT2D eigenvalue weighted by molar-refractivity contribution is 6.32. The van der Waals surface area contributed by atoms with Crippen molar-refractivity contribution in [2.75, 3.05) is 17.7 Å². The second-order valence-corrected chi connectivity index (χ2v) is 5.92. The summed E-state index contributed by atoms with van der Waals surface area (Å²) in [7, 11) is 1.51. The summed E-state index contributed by atoms with van der Waals surface area (Å²) in [4.78, 5) is 8.35. The van der Waals surface area contributed by atoms with Gasteiger partial charge in [0.25, 0.3) is 0 Å². The Bertz CT molecular complexity index is 1000. The van der Waals surface area contributed by atoms with Crippen LogP contribution in [0.2, 0.25) is 5.02 Å². The van der Waals surface area contributed by atoms with Gasteiger partial charge in [0.05, 0.1) is 17.8 Å². The molecule has 1 heterocycles. The number of halogens is 4. The van der Waals surface area contributed by atoms with Crippen molar-refractivity contribution in [1.29, 1.82) is 0 Å². The third-order valence-corrected chi connectivity index (χ3v) is 3.86. The number of aryl methyl sites for hydroxylation is 1. The van der Waals surface area contributed by atoms with Crippen molar-refractivity contribution < 1.29 is 17.9 Å². The number of hydrogen-bond acceptors (Lipinski definition) is 5. The van der Waals surface area contributed by atoms with E-state index in [9.17, 15) is 13.2 Å². The predicted octanol–water partition coefficient (Wildman–Crippen LogP) is 5.35. The van der Waals surface area contributed by atoms with Crippen LogP contribution >= 0.6 is 11.6 Å². The van der Waals surface area contributed by atoms with E-state index in [4.69, 9.17) is 16.3 Å². The Balaban J connectivity index is 1.86. The predicted molar refractivity (Wildman–Crippen MR) is 97.7 cm³/mol. The highest BCUT2D eigenvalue weighted by Crippen LogP contribution is 2.29. The van der Waals surface area contributed by atoms with Crippen molar-refractivity contribution in [3.63, 3.8) is 0 Å². The number of rotatable bonds is 5. The molecule has 2 N–H and O–H groups in total. The topological polar surface area (TPSA) is 59.1 Å². The number of ether oxygens (including phenoxy) is 1. The average Bonchev–Trinajstić information content (AvgIpc) is 2.62. The molecule has 0 fully saturated rings. The summed E-state index contributed by atoms with van der Waals surface area (Å²) >= 11 is 6.09. The normalized spacial score (nSPS) is 10.6. The smallest absolute Gasteiger partial charge is 0.196 e. The van der Waals surface area contributed by atoms with Gasteiger partial charge in [0.1, 0.15) is 23.2 Å². The largest absolute Gasteiger partial charge is 0.495 e. The molecule has 0 saturated carbocycles. The van der Waals surface area contributed by atoms with Crippen LogP contribution in [-0.2, 0) is 0 Å². The van der Waals surface area contributed by atoms with Crippen LogP contribution in [0.5, 0.6) is 5.75 Å². The fourth-order valence-corrected chi connectivity index (χ4v) is 2.61. The van der Waals surface area contributed by atoms with E-state index in [0.717, 1.165) is 12.1 Å². The highest BCUT2D eigenvalue weighted by atomic mass is 35.5. The molecule has 27 heavy (non-hydrogen) atoms. The number of benzene rings is 2. The molecular weight excluding hydrogens is 381 g/mol. The monoisotopic (exact) mass is 394 g/mol. The molecule has 0 amide bonds. The van der Waals surface area contributed by atoms with E-state index in [0.29, 0.717) is 28.1 Å². The molecule has 0 radical (unpaired) electrons. The third-order valence-electron chi connectivity index (χ3n) is 3.56. The van der Waals surface area contributed by atoms with E-state index in [1.807, 2.05) is 0 Å². The number of aromatic nitrogens is 2. The standard InChI is InChI=1S/C18H14ClF3N4O/c1-9-23-15(25-10-3-6-14(27-2)11(19)7-10)8-16(24-9)26-13-5-4-12(20)17(21)18(13)22/h3-8H,1-2H3,(H2,23,24,25,26). The zero-order valence-electron chi connectivity index (χ0n) is 14.3. The first kappa shape index (κ1) is 18.8. The second-order valence-electron chi connectivity index (χ2n) is 5.51. The second kappa shape index (κ2) is 7.71. The molecule has 5 nitrogen and oxygen atoms in total. The zero-order valence-corrected chi connectivity index (χ0v) is 15.0. The molecule has 0 aliphatic rings. The quantitative estimate of drug-likeness (QED) is 0.571. The van der Waals surface area contributed by atoms with Gasteiger partial charge >= 0.3 is 0 Å². The van der Waals surface area contributed by atoms with Gasteiger partial charge in [0.15, 0.2) is 17.5 Å². The van der Waals surface area contributed by atoms with Crippen molar-refractivity contribution in [3.8, 4) is 5.75 Å². The number of nitrogens with zero attached hydrogens (tertiary/aromatic N) is 2. The Kier molecular flexibility index (Phi) is 5.36. The lowest BCUT2D eigenvalue weighted by molar-refractivity contribution is 0.415. The van der Waals surface area contributed by atoms with Crippen LogP contribution in [0.1, 0.15) is 5.82 Å². The van der Waals surface area contributed by atoms with Gasteiger partial charge in [-0.2, -0.15) is 0 Å². The fourth-order valence-electron chi connectivity index (χ4n) is 2.35. The van der Waals surface area contributed by atoms with Crippen molar-refractivity contribution in [1.82, 2.24) is 9.97 Å². The van der Waals surface area contributed by atoms with Gasteiger partial charge < -0.3 is 15.4 Å². The Hall–Kier alpha value is -3.00. The zero-order chi connectivity index (χ0) is 19.6. The van der Waals surface area contributed by atoms with E-state index >= 15 is 0 Å². The SMILES string of the molecule is COc1ccc(Nc2cc(Nc3ccc(F)c(F)c3F)nc(C)n2)cc1Cl. The van der Waals surface area contributed by atoms with Gasteiger partial charge in [-0.15, -0.1) is 0 Å². The van der Waals surface area contributed by atoms with Gasteiger partial charge in [0, 0.05) is 11.8 Å². The molecule has 0 atom stereocenters. The number of nitrogens with one attached hydrogen (secondary N) is 2. The molecule has 0 saturated heterocycles. The summed E-state index contributed by atoms with van der Waals surface area (Å²) in [5, 5.41) is 6.07. The van der Waals surface area contributed by atoms with Gasteiger partial charge in [-0.3, -0.25) is 0 Å². The lowest BCUT2D eigenvalue weighted by atomic mass is 10.2. The van der Waals surface area contributed by atoms with Crippen LogP contribution in [-0.4, -0.2) is 17.1 Å².